The highest BCUT2D eigenvalue weighted by atomic mass is 32.1. The third-order valence-electron chi connectivity index (χ3n) is 2.50. The minimum Gasteiger partial charge on any atom is -0.388 e. The second-order valence-electron chi connectivity index (χ2n) is 3.89. The molecule has 1 heterocycles. The Kier molecular flexibility index (Phi) is 5.49. The van der Waals surface area contributed by atoms with Crippen LogP contribution in [0.25, 0.3) is 0 Å². The number of hydrogen-bond donors (Lipinski definition) is 1. The van der Waals surface area contributed by atoms with Crippen molar-refractivity contribution in [2.45, 2.75) is 32.3 Å². The van der Waals surface area contributed by atoms with Crippen molar-refractivity contribution in [2.75, 3.05) is 13.6 Å². The molecule has 4 heteroatoms. The minimum absolute atomic E-state index is 0.154. The lowest BCUT2D eigenvalue weighted by atomic mass is 10.2. The van der Waals surface area contributed by atoms with Gasteiger partial charge >= 0.3 is 0 Å². The van der Waals surface area contributed by atoms with Crippen molar-refractivity contribution in [2.24, 2.45) is 0 Å². The Balaban J connectivity index is 2.31. The second kappa shape index (κ2) is 6.66. The van der Waals surface area contributed by atoms with Crippen LogP contribution in [0, 0.1) is 0 Å². The van der Waals surface area contributed by atoms with Gasteiger partial charge in [0.15, 0.2) is 0 Å². The number of aliphatic hydroxyl groups excluding tert-OH is 1. The van der Waals surface area contributed by atoms with Gasteiger partial charge in [-0.3, -0.25) is 4.79 Å². The Labute approximate surface area is 101 Å². The molecule has 1 N–H and O–H groups in total. The molecule has 3 nitrogen and oxygen atoms in total. The van der Waals surface area contributed by atoms with E-state index in [9.17, 15) is 9.90 Å². The molecule has 1 atom stereocenters. The molecule has 0 radical (unpaired) electrons. The van der Waals surface area contributed by atoms with E-state index in [0.717, 1.165) is 11.3 Å². The summed E-state index contributed by atoms with van der Waals surface area (Å²) >= 11 is 1.55. The van der Waals surface area contributed by atoms with Crippen molar-refractivity contribution in [1.29, 1.82) is 0 Å². The number of carbonyl (C=O) groups excluding carboxylic acids is 1. The van der Waals surface area contributed by atoms with Crippen LogP contribution in [0.5, 0.6) is 0 Å². The van der Waals surface area contributed by atoms with Crippen molar-refractivity contribution in [3.05, 3.63) is 22.4 Å². The van der Waals surface area contributed by atoms with E-state index in [1.165, 1.54) is 0 Å². The molecular formula is C12H19NO2S. The topological polar surface area (TPSA) is 40.5 Å². The first-order chi connectivity index (χ1) is 7.65. The highest BCUT2D eigenvalue weighted by Gasteiger charge is 2.12. The predicted molar refractivity (Wildman–Crippen MR) is 66.4 cm³/mol. The Morgan fingerprint density at radius 3 is 2.94 bits per heavy atom. The summed E-state index contributed by atoms with van der Waals surface area (Å²) in [5, 5.41) is 11.8. The Morgan fingerprint density at radius 1 is 1.62 bits per heavy atom. The molecule has 0 saturated heterocycles. The summed E-state index contributed by atoms with van der Waals surface area (Å²) in [6.07, 6.45) is 1.62. The zero-order chi connectivity index (χ0) is 12.0. The Hall–Kier alpha value is -0.870. The van der Waals surface area contributed by atoms with Crippen molar-refractivity contribution in [3.63, 3.8) is 0 Å². The third-order valence-corrected chi connectivity index (χ3v) is 3.47. The van der Waals surface area contributed by atoms with E-state index in [2.05, 4.69) is 0 Å². The average molecular weight is 241 g/mol. The zero-order valence-corrected chi connectivity index (χ0v) is 10.7. The summed E-state index contributed by atoms with van der Waals surface area (Å²) in [6, 6.07) is 3.85. The van der Waals surface area contributed by atoms with Crippen molar-refractivity contribution < 1.29 is 9.90 Å². The van der Waals surface area contributed by atoms with Gasteiger partial charge in [0.05, 0.1) is 6.10 Å². The molecule has 0 aliphatic heterocycles. The predicted octanol–water partition coefficient (Wildman–Crippen LogP) is 2.43. The molecule has 0 saturated carbocycles. The van der Waals surface area contributed by atoms with E-state index in [4.69, 9.17) is 0 Å². The fourth-order valence-electron chi connectivity index (χ4n) is 1.47. The molecule has 0 fully saturated rings. The average Bonchev–Trinajstić information content (AvgIpc) is 2.79. The lowest BCUT2D eigenvalue weighted by Gasteiger charge is -2.18. The number of carbonyl (C=O) groups is 1. The van der Waals surface area contributed by atoms with Crippen LogP contribution in [0.1, 0.15) is 37.2 Å². The van der Waals surface area contributed by atoms with Gasteiger partial charge in [0.2, 0.25) is 5.91 Å². The summed E-state index contributed by atoms with van der Waals surface area (Å²) in [5.41, 5.74) is 0. The maximum atomic E-state index is 11.5. The van der Waals surface area contributed by atoms with Crippen molar-refractivity contribution in [1.82, 2.24) is 4.90 Å². The Morgan fingerprint density at radius 2 is 2.38 bits per heavy atom. The molecule has 1 rings (SSSR count). The van der Waals surface area contributed by atoms with Crippen LogP contribution in [0.15, 0.2) is 17.5 Å². The van der Waals surface area contributed by atoms with Crippen LogP contribution in [0.4, 0.5) is 0 Å². The summed E-state index contributed by atoms with van der Waals surface area (Å²) in [5.74, 6) is 0.154. The van der Waals surface area contributed by atoms with E-state index in [0.29, 0.717) is 19.4 Å². The molecule has 16 heavy (non-hydrogen) atoms. The van der Waals surface area contributed by atoms with Gasteiger partial charge in [-0.05, 0) is 24.3 Å². The summed E-state index contributed by atoms with van der Waals surface area (Å²) in [7, 11) is 1.79. The SMILES string of the molecule is CCCC(=O)N(C)CC[C@H](O)c1cccs1. The van der Waals surface area contributed by atoms with Crippen LogP contribution >= 0.6 is 11.3 Å². The van der Waals surface area contributed by atoms with Crippen LogP contribution < -0.4 is 0 Å². The molecule has 1 amide bonds. The van der Waals surface area contributed by atoms with E-state index in [-0.39, 0.29) is 5.91 Å². The summed E-state index contributed by atoms with van der Waals surface area (Å²) in [6.45, 7) is 2.60. The van der Waals surface area contributed by atoms with Crippen LogP contribution in [-0.2, 0) is 4.79 Å². The smallest absolute Gasteiger partial charge is 0.222 e. The van der Waals surface area contributed by atoms with Gasteiger partial charge in [0, 0.05) is 24.9 Å². The first-order valence-electron chi connectivity index (χ1n) is 5.60. The third kappa shape index (κ3) is 3.94. The molecule has 1 aromatic heterocycles. The molecule has 0 bridgehead atoms. The van der Waals surface area contributed by atoms with Crippen molar-refractivity contribution in [3.8, 4) is 0 Å². The monoisotopic (exact) mass is 241 g/mol. The van der Waals surface area contributed by atoms with Gasteiger partial charge in [0.1, 0.15) is 0 Å². The van der Waals surface area contributed by atoms with Gasteiger partial charge in [-0.15, -0.1) is 11.3 Å². The highest BCUT2D eigenvalue weighted by molar-refractivity contribution is 7.10. The minimum atomic E-state index is -0.447. The van der Waals surface area contributed by atoms with E-state index in [1.54, 1.807) is 23.3 Å². The fourth-order valence-corrected chi connectivity index (χ4v) is 2.21. The number of hydrogen-bond acceptors (Lipinski definition) is 3. The maximum Gasteiger partial charge on any atom is 0.222 e. The van der Waals surface area contributed by atoms with Gasteiger partial charge < -0.3 is 10.0 Å². The molecule has 0 spiro atoms. The standard InChI is InChI=1S/C12H19NO2S/c1-3-5-12(15)13(2)8-7-10(14)11-6-4-9-16-11/h4,6,9-10,14H,3,5,7-8H2,1-2H3/t10-/m0/s1. The van der Waals surface area contributed by atoms with Crippen LogP contribution in [0.3, 0.4) is 0 Å². The number of rotatable bonds is 6. The number of amides is 1. The molecule has 0 aromatic carbocycles. The molecule has 1 aromatic rings. The maximum absolute atomic E-state index is 11.5. The number of aliphatic hydroxyl groups is 1. The first-order valence-corrected chi connectivity index (χ1v) is 6.48. The first kappa shape index (κ1) is 13.2. The van der Waals surface area contributed by atoms with Gasteiger partial charge in [0.25, 0.3) is 0 Å². The van der Waals surface area contributed by atoms with E-state index >= 15 is 0 Å². The molecule has 90 valence electrons. The molecule has 0 aliphatic carbocycles. The zero-order valence-electron chi connectivity index (χ0n) is 9.85. The lowest BCUT2D eigenvalue weighted by molar-refractivity contribution is -0.130. The molecule has 0 aliphatic rings. The summed E-state index contributed by atoms with van der Waals surface area (Å²) < 4.78 is 0. The number of thiophene rings is 1. The van der Waals surface area contributed by atoms with Gasteiger partial charge in [-0.25, -0.2) is 0 Å². The molecular weight excluding hydrogens is 222 g/mol. The fraction of sp³-hybridized carbons (Fsp3) is 0.583. The van der Waals surface area contributed by atoms with Crippen LogP contribution in [0.2, 0.25) is 0 Å². The van der Waals surface area contributed by atoms with Gasteiger partial charge in [-0.2, -0.15) is 0 Å². The quantitative estimate of drug-likeness (QED) is 0.831. The van der Waals surface area contributed by atoms with E-state index < -0.39 is 6.10 Å². The largest absolute Gasteiger partial charge is 0.388 e. The molecule has 0 unspecified atom stereocenters. The van der Waals surface area contributed by atoms with Gasteiger partial charge in [-0.1, -0.05) is 13.0 Å². The highest BCUT2D eigenvalue weighted by Crippen LogP contribution is 2.21. The van der Waals surface area contributed by atoms with Crippen LogP contribution in [-0.4, -0.2) is 29.5 Å². The second-order valence-corrected chi connectivity index (χ2v) is 4.86. The van der Waals surface area contributed by atoms with E-state index in [1.807, 2.05) is 24.4 Å². The summed E-state index contributed by atoms with van der Waals surface area (Å²) in [4.78, 5) is 14.2. The number of nitrogens with zero attached hydrogens (tertiary/aromatic N) is 1. The normalized spacial score (nSPS) is 12.4. The Bertz CT molecular complexity index is 311. The lowest BCUT2D eigenvalue weighted by Crippen LogP contribution is -2.28. The van der Waals surface area contributed by atoms with Crippen molar-refractivity contribution >= 4 is 17.2 Å².